The van der Waals surface area contributed by atoms with E-state index in [2.05, 4.69) is 37.2 Å². The van der Waals surface area contributed by atoms with Crippen LogP contribution >= 0.6 is 31.9 Å². The molecule has 1 N–H and O–H groups in total. The van der Waals surface area contributed by atoms with Gasteiger partial charge in [-0.1, -0.05) is 37.9 Å². The highest BCUT2D eigenvalue weighted by Gasteiger charge is 2.52. The number of nitrogens with one attached hydrogen (secondary N) is 1. The lowest BCUT2D eigenvalue weighted by molar-refractivity contribution is 0.00578. The maximum Gasteiger partial charge on any atom is 0.491 e. The molecule has 1 aromatic carbocycles. The molecule has 1 aliphatic heterocycles. The van der Waals surface area contributed by atoms with Gasteiger partial charge in [-0.3, -0.25) is 0 Å². The molecule has 0 unspecified atom stereocenters. The van der Waals surface area contributed by atoms with Gasteiger partial charge in [0.1, 0.15) is 5.82 Å². The van der Waals surface area contributed by atoms with Crippen molar-refractivity contribution < 1.29 is 13.7 Å². The SMILES string of the molecule is CNCC(=Cc1c(F)cc(Br)cc1Br)B1OC(C)(C)C(C)(C)O1. The highest BCUT2D eigenvalue weighted by Crippen LogP contribution is 2.39. The van der Waals surface area contributed by atoms with Crippen LogP contribution in [0.3, 0.4) is 0 Å². The van der Waals surface area contributed by atoms with Crippen LogP contribution in [0, 0.1) is 5.82 Å². The van der Waals surface area contributed by atoms with Crippen molar-refractivity contribution in [1.29, 1.82) is 0 Å². The molecule has 1 aromatic rings. The van der Waals surface area contributed by atoms with Crippen molar-refractivity contribution >= 4 is 45.1 Å². The molecule has 1 saturated heterocycles. The highest BCUT2D eigenvalue weighted by atomic mass is 79.9. The molecule has 126 valence electrons. The summed E-state index contributed by atoms with van der Waals surface area (Å²) < 4.78 is 27.8. The van der Waals surface area contributed by atoms with E-state index in [9.17, 15) is 4.39 Å². The molecular formula is C16H21BBr2FNO2. The van der Waals surface area contributed by atoms with Gasteiger partial charge in [-0.25, -0.2) is 4.39 Å². The van der Waals surface area contributed by atoms with Crippen LogP contribution in [-0.4, -0.2) is 31.9 Å². The first-order chi connectivity index (χ1) is 10.6. The summed E-state index contributed by atoms with van der Waals surface area (Å²) >= 11 is 6.70. The second-order valence-corrected chi connectivity index (χ2v) is 8.39. The maximum atomic E-state index is 14.3. The smallest absolute Gasteiger partial charge is 0.400 e. The molecule has 0 radical (unpaired) electrons. The van der Waals surface area contributed by atoms with Crippen LogP contribution in [0.15, 0.2) is 26.6 Å². The van der Waals surface area contributed by atoms with Gasteiger partial charge in [0.2, 0.25) is 0 Å². The van der Waals surface area contributed by atoms with E-state index in [1.165, 1.54) is 6.07 Å². The zero-order chi connectivity index (χ0) is 17.4. The molecule has 1 fully saturated rings. The molecule has 0 spiro atoms. The van der Waals surface area contributed by atoms with Crippen LogP contribution in [0.25, 0.3) is 6.08 Å². The van der Waals surface area contributed by atoms with Crippen molar-refractivity contribution in [3.05, 3.63) is 37.9 Å². The van der Waals surface area contributed by atoms with Gasteiger partial charge < -0.3 is 14.6 Å². The minimum atomic E-state index is -0.512. The van der Waals surface area contributed by atoms with E-state index in [1.54, 1.807) is 6.08 Å². The van der Waals surface area contributed by atoms with E-state index in [-0.39, 0.29) is 5.82 Å². The van der Waals surface area contributed by atoms with E-state index < -0.39 is 18.3 Å². The normalized spacial score (nSPS) is 20.2. The van der Waals surface area contributed by atoms with Crippen LogP contribution in [0.4, 0.5) is 4.39 Å². The van der Waals surface area contributed by atoms with Crippen molar-refractivity contribution in [3.8, 4) is 0 Å². The predicted molar refractivity (Wildman–Crippen MR) is 99.8 cm³/mol. The second kappa shape index (κ2) is 6.96. The molecule has 23 heavy (non-hydrogen) atoms. The Balaban J connectivity index is 2.41. The fraction of sp³-hybridized carbons (Fsp3) is 0.500. The minimum absolute atomic E-state index is 0.309. The van der Waals surface area contributed by atoms with Crippen molar-refractivity contribution in [2.45, 2.75) is 38.9 Å². The third kappa shape index (κ3) is 4.07. The molecule has 0 saturated carbocycles. The lowest BCUT2D eigenvalue weighted by Gasteiger charge is -2.32. The Morgan fingerprint density at radius 1 is 1.22 bits per heavy atom. The molecule has 0 aliphatic carbocycles. The Kier molecular flexibility index (Phi) is 5.79. The Morgan fingerprint density at radius 3 is 2.26 bits per heavy atom. The molecule has 1 aliphatic rings. The molecular weight excluding hydrogens is 428 g/mol. The summed E-state index contributed by atoms with van der Waals surface area (Å²) in [7, 11) is 1.33. The van der Waals surface area contributed by atoms with Crippen LogP contribution < -0.4 is 5.32 Å². The predicted octanol–water partition coefficient (Wildman–Crippen LogP) is 4.58. The van der Waals surface area contributed by atoms with E-state index >= 15 is 0 Å². The Hall–Kier alpha value is -0.205. The first-order valence-electron chi connectivity index (χ1n) is 7.42. The van der Waals surface area contributed by atoms with Gasteiger partial charge >= 0.3 is 7.12 Å². The van der Waals surface area contributed by atoms with Crippen LogP contribution in [0.2, 0.25) is 0 Å². The highest BCUT2D eigenvalue weighted by molar-refractivity contribution is 9.11. The number of halogens is 3. The first-order valence-corrected chi connectivity index (χ1v) is 9.01. The summed E-state index contributed by atoms with van der Waals surface area (Å²) in [5.41, 5.74) is 0.459. The van der Waals surface area contributed by atoms with Crippen molar-refractivity contribution in [3.63, 3.8) is 0 Å². The topological polar surface area (TPSA) is 30.5 Å². The van der Waals surface area contributed by atoms with Gasteiger partial charge in [0, 0.05) is 21.1 Å². The van der Waals surface area contributed by atoms with Crippen LogP contribution in [0.1, 0.15) is 33.3 Å². The monoisotopic (exact) mass is 447 g/mol. The summed E-state index contributed by atoms with van der Waals surface area (Å²) in [6.45, 7) is 8.54. The molecule has 0 atom stereocenters. The van der Waals surface area contributed by atoms with E-state index in [0.29, 0.717) is 21.1 Å². The molecule has 3 nitrogen and oxygen atoms in total. The zero-order valence-corrected chi connectivity index (χ0v) is 17.1. The number of benzene rings is 1. The van der Waals surface area contributed by atoms with Gasteiger partial charge in [0.15, 0.2) is 0 Å². The van der Waals surface area contributed by atoms with Gasteiger partial charge in [-0.2, -0.15) is 0 Å². The Labute approximate surface area is 154 Å². The molecule has 7 heteroatoms. The van der Waals surface area contributed by atoms with Gasteiger partial charge in [-0.15, -0.1) is 0 Å². The van der Waals surface area contributed by atoms with Gasteiger partial charge in [0.25, 0.3) is 0 Å². The lowest BCUT2D eigenvalue weighted by Crippen LogP contribution is -2.41. The second-order valence-electron chi connectivity index (χ2n) is 6.62. The van der Waals surface area contributed by atoms with Crippen molar-refractivity contribution in [1.82, 2.24) is 5.32 Å². The minimum Gasteiger partial charge on any atom is -0.400 e. The number of likely N-dealkylation sites (N-methyl/N-ethyl adjacent to an activating group) is 1. The van der Waals surface area contributed by atoms with E-state index in [4.69, 9.17) is 9.31 Å². The van der Waals surface area contributed by atoms with E-state index in [0.717, 1.165) is 5.47 Å². The van der Waals surface area contributed by atoms with Crippen LogP contribution in [0.5, 0.6) is 0 Å². The quantitative estimate of drug-likeness (QED) is 0.684. The number of hydrogen-bond acceptors (Lipinski definition) is 3. The third-order valence-corrected chi connectivity index (χ3v) is 5.42. The lowest BCUT2D eigenvalue weighted by atomic mass is 9.77. The average Bonchev–Trinajstić information content (AvgIpc) is 2.61. The third-order valence-electron chi connectivity index (χ3n) is 4.31. The summed E-state index contributed by atoms with van der Waals surface area (Å²) in [6.07, 6.45) is 1.78. The average molecular weight is 449 g/mol. The Bertz CT molecular complexity index is 596. The molecule has 0 amide bonds. The summed E-state index contributed by atoms with van der Waals surface area (Å²) in [5, 5.41) is 3.09. The summed E-state index contributed by atoms with van der Waals surface area (Å²) in [6, 6.07) is 3.26. The first kappa shape index (κ1) is 19.1. The van der Waals surface area contributed by atoms with Crippen LogP contribution in [-0.2, 0) is 9.31 Å². The molecule has 0 aromatic heterocycles. The standard InChI is InChI=1S/C16H21BBr2FNO2/c1-15(2)16(3,4)23-17(22-15)10(9-21-5)6-12-13(19)7-11(18)8-14(12)20/h6-8,21H,9H2,1-5H3. The molecule has 0 bridgehead atoms. The van der Waals surface area contributed by atoms with Gasteiger partial charge in [0.05, 0.1) is 11.2 Å². The summed E-state index contributed by atoms with van der Waals surface area (Å²) in [5.74, 6) is -0.309. The Morgan fingerprint density at radius 2 is 1.78 bits per heavy atom. The molecule has 2 rings (SSSR count). The number of hydrogen-bond donors (Lipinski definition) is 1. The van der Waals surface area contributed by atoms with Crippen molar-refractivity contribution in [2.75, 3.05) is 13.6 Å². The van der Waals surface area contributed by atoms with Gasteiger partial charge in [-0.05, 0) is 52.3 Å². The number of rotatable bonds is 4. The largest absolute Gasteiger partial charge is 0.491 e. The van der Waals surface area contributed by atoms with E-state index in [1.807, 2.05) is 40.8 Å². The fourth-order valence-corrected chi connectivity index (χ4v) is 3.57. The molecule has 1 heterocycles. The fourth-order valence-electron chi connectivity index (χ4n) is 2.28. The summed E-state index contributed by atoms with van der Waals surface area (Å²) in [4.78, 5) is 0. The zero-order valence-electron chi connectivity index (χ0n) is 14.0. The van der Waals surface area contributed by atoms with Crippen molar-refractivity contribution in [2.24, 2.45) is 0 Å². The maximum absolute atomic E-state index is 14.3.